The lowest BCUT2D eigenvalue weighted by Gasteiger charge is -2.27. The van der Waals surface area contributed by atoms with E-state index >= 15 is 0 Å². The van der Waals surface area contributed by atoms with E-state index < -0.39 is 7.26 Å². The Morgan fingerprint density at radius 2 is 0.875 bits per heavy atom. The smallest absolute Gasteiger partial charge is 0.213 e. The van der Waals surface area contributed by atoms with Crippen LogP contribution in [0.25, 0.3) is 0 Å². The number of hydrogen-bond donors (Lipinski definition) is 0. The Balaban J connectivity index is 0.00000370. The second-order valence-corrected chi connectivity index (χ2v) is 12.8. The molecule has 0 spiro atoms. The van der Waals surface area contributed by atoms with Gasteiger partial charge in [0, 0.05) is 11.1 Å². The lowest BCUT2D eigenvalue weighted by molar-refractivity contribution is 0.106. The summed E-state index contributed by atoms with van der Waals surface area (Å²) in [5.74, 6) is -0.145. The number of Topliss-reactive ketones (excluding diaryl/α,β-unsaturated/α-hetero) is 1. The number of rotatable bonds is 9. The minimum atomic E-state index is -2.11. The Hall–Kier alpha value is -3.98. The second-order valence-electron chi connectivity index (χ2n) is 9.32. The molecule has 0 heterocycles. The fraction of sp³-hybridized carbons (Fsp3) is 0.0571. The summed E-state index contributed by atoms with van der Waals surface area (Å²) in [5.41, 5.74) is 2.55. The molecule has 3 nitrogen and oxygen atoms in total. The molecule has 5 aromatic carbocycles. The second kappa shape index (κ2) is 13.9. The summed E-state index contributed by atoms with van der Waals surface area (Å²) in [6.07, 6.45) is 0.705. The van der Waals surface area contributed by atoms with Gasteiger partial charge >= 0.3 is 0 Å². The van der Waals surface area contributed by atoms with Crippen LogP contribution >= 0.6 is 24.2 Å². The molecule has 0 aliphatic heterocycles. The van der Waals surface area contributed by atoms with E-state index in [1.54, 1.807) is 0 Å². The molecule has 0 saturated heterocycles. The first-order chi connectivity index (χ1) is 19.2. The maximum absolute atomic E-state index is 13.5. The van der Waals surface area contributed by atoms with E-state index in [1.807, 2.05) is 67.6 Å². The zero-order chi connectivity index (χ0) is 26.9. The Bertz CT molecular complexity index is 1480. The molecule has 40 heavy (non-hydrogen) atoms. The van der Waals surface area contributed by atoms with E-state index in [0.29, 0.717) is 17.4 Å². The third-order valence-corrected chi connectivity index (χ3v) is 11.1. The highest BCUT2D eigenvalue weighted by Gasteiger charge is 2.45. The van der Waals surface area contributed by atoms with Crippen LogP contribution in [0.5, 0.6) is 0 Å². The van der Waals surface area contributed by atoms with Crippen molar-refractivity contribution in [3.05, 3.63) is 163 Å². The van der Waals surface area contributed by atoms with Crippen LogP contribution in [0, 0.1) is 0 Å². The molecule has 0 atom stereocenters. The highest BCUT2D eigenvalue weighted by Crippen LogP contribution is 2.55. The fourth-order valence-corrected chi connectivity index (χ4v) is 9.07. The quantitative estimate of drug-likeness (QED) is 0.0752. The summed E-state index contributed by atoms with van der Waals surface area (Å²) in [4.78, 5) is 13.5. The van der Waals surface area contributed by atoms with E-state index in [4.69, 9.17) is 5.10 Å². The van der Waals surface area contributed by atoms with Gasteiger partial charge in [-0.25, -0.2) is 0 Å². The number of hydrogen-bond acceptors (Lipinski definition) is 3. The van der Waals surface area contributed by atoms with Gasteiger partial charge in [-0.3, -0.25) is 4.79 Å². The molecule has 0 amide bonds. The van der Waals surface area contributed by atoms with Gasteiger partial charge in [0.1, 0.15) is 35.0 Å². The van der Waals surface area contributed by atoms with Crippen LogP contribution < -0.4 is 15.9 Å². The van der Waals surface area contributed by atoms with Crippen LogP contribution in [0.3, 0.4) is 0 Å². The van der Waals surface area contributed by atoms with Gasteiger partial charge < -0.3 is 0 Å². The maximum atomic E-state index is 13.5. The summed E-state index contributed by atoms with van der Waals surface area (Å²) >= 11 is 0. The maximum Gasteiger partial charge on any atom is 0.213 e. The SMILES string of the molecule is Br.C/C(C[P+](c1ccccc1)(c1ccccc1)c1ccccc1)=N\N=C(\C(=O)c1ccccc1)c1ccccc1. The molecule has 5 heteroatoms. The number of carbonyl (C=O) groups excluding carboxylic acids is 1. The third-order valence-electron chi connectivity index (χ3n) is 6.68. The molecule has 198 valence electrons. The summed E-state index contributed by atoms with van der Waals surface area (Å²) in [5, 5.41) is 13.2. The topological polar surface area (TPSA) is 41.8 Å². The van der Waals surface area contributed by atoms with Crippen LogP contribution in [0.4, 0.5) is 0 Å². The Labute approximate surface area is 247 Å². The van der Waals surface area contributed by atoms with Crippen molar-refractivity contribution in [3.8, 4) is 0 Å². The lowest BCUT2D eigenvalue weighted by atomic mass is 10.0. The van der Waals surface area contributed by atoms with Gasteiger partial charge in [0.25, 0.3) is 0 Å². The number of carbonyl (C=O) groups is 1. The first kappa shape index (κ1) is 29.0. The van der Waals surface area contributed by atoms with Gasteiger partial charge in [0.2, 0.25) is 5.78 Å². The van der Waals surface area contributed by atoms with Crippen LogP contribution in [0.2, 0.25) is 0 Å². The fourth-order valence-electron chi connectivity index (χ4n) is 4.84. The first-order valence-corrected chi connectivity index (χ1v) is 15.0. The first-order valence-electron chi connectivity index (χ1n) is 13.0. The van der Waals surface area contributed by atoms with Crippen molar-refractivity contribution in [1.29, 1.82) is 0 Å². The van der Waals surface area contributed by atoms with Crippen LogP contribution in [0.15, 0.2) is 162 Å². The van der Waals surface area contributed by atoms with Crippen LogP contribution in [-0.4, -0.2) is 23.4 Å². The largest absolute Gasteiger partial charge is 0.287 e. The van der Waals surface area contributed by atoms with Crippen molar-refractivity contribution in [2.24, 2.45) is 10.2 Å². The zero-order valence-electron chi connectivity index (χ0n) is 22.3. The zero-order valence-corrected chi connectivity index (χ0v) is 24.9. The molecule has 0 bridgehead atoms. The predicted molar refractivity (Wildman–Crippen MR) is 177 cm³/mol. The van der Waals surface area contributed by atoms with Crippen molar-refractivity contribution < 1.29 is 4.79 Å². The van der Waals surface area contributed by atoms with Gasteiger partial charge in [-0.05, 0) is 43.3 Å². The summed E-state index contributed by atoms with van der Waals surface area (Å²) < 4.78 is 0. The summed E-state index contributed by atoms with van der Waals surface area (Å²) in [7, 11) is -2.11. The van der Waals surface area contributed by atoms with Gasteiger partial charge in [0.05, 0.1) is 5.71 Å². The Kier molecular flexibility index (Phi) is 10.1. The molecule has 0 unspecified atom stereocenters. The van der Waals surface area contributed by atoms with Crippen molar-refractivity contribution in [2.45, 2.75) is 6.92 Å². The molecular formula is C35H31BrN2OP+. The average molecular weight is 607 g/mol. The van der Waals surface area contributed by atoms with E-state index in [1.165, 1.54) is 15.9 Å². The molecule has 5 aromatic rings. The summed E-state index contributed by atoms with van der Waals surface area (Å²) in [6.45, 7) is 2.02. The van der Waals surface area contributed by atoms with E-state index in [2.05, 4.69) is 96.1 Å². The van der Waals surface area contributed by atoms with Crippen molar-refractivity contribution in [1.82, 2.24) is 0 Å². The normalized spacial score (nSPS) is 11.9. The van der Waals surface area contributed by atoms with Gasteiger partial charge in [-0.1, -0.05) is 115 Å². The minimum Gasteiger partial charge on any atom is -0.287 e. The molecule has 5 rings (SSSR count). The highest BCUT2D eigenvalue weighted by atomic mass is 79.9. The molecular weight excluding hydrogens is 575 g/mol. The van der Waals surface area contributed by atoms with E-state index in [-0.39, 0.29) is 22.8 Å². The molecule has 0 N–H and O–H groups in total. The van der Waals surface area contributed by atoms with Crippen molar-refractivity contribution >= 4 is 57.4 Å². The Morgan fingerprint density at radius 1 is 0.525 bits per heavy atom. The molecule has 0 aliphatic rings. The van der Waals surface area contributed by atoms with E-state index in [0.717, 1.165) is 11.3 Å². The van der Waals surface area contributed by atoms with Crippen molar-refractivity contribution in [3.63, 3.8) is 0 Å². The van der Waals surface area contributed by atoms with Gasteiger partial charge in [-0.15, -0.1) is 22.1 Å². The Morgan fingerprint density at radius 3 is 1.27 bits per heavy atom. The standard InChI is InChI=1S/C35H30N2OP.BrH/c1-28(36-37-34(29-17-7-2-8-18-29)35(38)30-19-9-3-10-20-30)27-39(31-21-11-4-12-22-31,32-23-13-5-14-24-32)33-25-15-6-16-26-33;/h2-26H,27H2,1H3;1H/q+1;/b36-28+,37-34+;. The van der Waals surface area contributed by atoms with E-state index in [9.17, 15) is 4.79 Å². The van der Waals surface area contributed by atoms with Gasteiger partial charge in [-0.2, -0.15) is 5.10 Å². The molecule has 0 aromatic heterocycles. The average Bonchev–Trinajstić information content (AvgIpc) is 3.02. The monoisotopic (exact) mass is 605 g/mol. The molecule has 0 saturated carbocycles. The minimum absolute atomic E-state index is 0. The third kappa shape index (κ3) is 6.42. The molecule has 0 fully saturated rings. The number of halogens is 1. The molecule has 0 radical (unpaired) electrons. The van der Waals surface area contributed by atoms with Crippen LogP contribution in [-0.2, 0) is 0 Å². The van der Waals surface area contributed by atoms with Crippen LogP contribution in [0.1, 0.15) is 22.8 Å². The number of ketones is 1. The molecule has 0 aliphatic carbocycles. The van der Waals surface area contributed by atoms with Crippen molar-refractivity contribution in [2.75, 3.05) is 6.16 Å². The van der Waals surface area contributed by atoms with Gasteiger partial charge in [0.15, 0.2) is 0 Å². The predicted octanol–water partition coefficient (Wildman–Crippen LogP) is 7.31. The number of nitrogens with zero attached hydrogens (tertiary/aromatic N) is 2. The number of benzene rings is 5. The summed E-state index contributed by atoms with van der Waals surface area (Å²) in [6, 6.07) is 50.9. The highest BCUT2D eigenvalue weighted by molar-refractivity contribution is 8.93. The lowest BCUT2D eigenvalue weighted by Crippen LogP contribution is -2.35.